The Balaban J connectivity index is 2.33. The molecule has 7 nitrogen and oxygen atoms in total. The van der Waals surface area contributed by atoms with Crippen LogP contribution in [0.15, 0.2) is 29.2 Å². The van der Waals surface area contributed by atoms with Crippen LogP contribution in [0.3, 0.4) is 0 Å². The van der Waals surface area contributed by atoms with Crippen LogP contribution in [0.5, 0.6) is 0 Å². The van der Waals surface area contributed by atoms with Gasteiger partial charge in [-0.05, 0) is 23.4 Å². The lowest BCUT2D eigenvalue weighted by Gasteiger charge is -2.04. The van der Waals surface area contributed by atoms with Gasteiger partial charge < -0.3 is 5.73 Å². The molecule has 0 aliphatic rings. The van der Waals surface area contributed by atoms with E-state index in [0.717, 1.165) is 11.5 Å². The zero-order valence-corrected chi connectivity index (χ0v) is 9.49. The van der Waals surface area contributed by atoms with Gasteiger partial charge in [0.1, 0.15) is 0 Å². The van der Waals surface area contributed by atoms with E-state index in [1.54, 1.807) is 12.1 Å². The molecule has 0 spiro atoms. The van der Waals surface area contributed by atoms with Gasteiger partial charge in [0.05, 0.1) is 4.90 Å². The third kappa shape index (κ3) is 2.25. The smallest absolute Gasteiger partial charge is 0.263 e. The van der Waals surface area contributed by atoms with Crippen LogP contribution >= 0.6 is 11.5 Å². The summed E-state index contributed by atoms with van der Waals surface area (Å²) in [6.07, 6.45) is 0. The number of sulfonamides is 1. The van der Waals surface area contributed by atoms with E-state index in [-0.39, 0.29) is 10.0 Å². The van der Waals surface area contributed by atoms with Gasteiger partial charge in [0.15, 0.2) is 0 Å². The summed E-state index contributed by atoms with van der Waals surface area (Å²) in [6.45, 7) is 0. The minimum absolute atomic E-state index is 0.0719. The number of rotatable bonds is 3. The van der Waals surface area contributed by atoms with Crippen molar-refractivity contribution >= 4 is 32.4 Å². The van der Waals surface area contributed by atoms with Gasteiger partial charge in [-0.3, -0.25) is 4.72 Å². The third-order valence-corrected chi connectivity index (χ3v) is 3.67. The molecule has 1 aromatic heterocycles. The highest BCUT2D eigenvalue weighted by Gasteiger charge is 2.15. The van der Waals surface area contributed by atoms with Gasteiger partial charge in [-0.15, -0.1) is 0 Å². The van der Waals surface area contributed by atoms with E-state index in [2.05, 4.69) is 19.5 Å². The summed E-state index contributed by atoms with van der Waals surface area (Å²) >= 11 is 0.855. The molecule has 3 N–H and O–H groups in total. The molecular formula is C7H7N5O2S2. The van der Waals surface area contributed by atoms with E-state index in [0.29, 0.717) is 5.69 Å². The molecule has 0 fully saturated rings. The summed E-state index contributed by atoms with van der Waals surface area (Å²) in [5.41, 5.74) is 5.87. The molecule has 9 heteroatoms. The summed E-state index contributed by atoms with van der Waals surface area (Å²) in [5, 5.41) is 6.88. The standard InChI is InChI=1S/C7H7N5O2S2/c8-5-2-1-3-6(4-5)16(13,14)10-7-9-11-12-15-7/h1-4H,8H2,(H,9,10,12). The Morgan fingerprint density at radius 2 is 2.19 bits per heavy atom. The van der Waals surface area contributed by atoms with E-state index in [9.17, 15) is 8.42 Å². The van der Waals surface area contributed by atoms with E-state index in [1.807, 2.05) is 0 Å². The SMILES string of the molecule is Nc1cccc(S(=O)(=O)Nc2nnns2)c1. The molecule has 0 amide bonds. The number of nitrogens with one attached hydrogen (secondary N) is 1. The van der Waals surface area contributed by atoms with Crippen molar-refractivity contribution in [2.24, 2.45) is 0 Å². The van der Waals surface area contributed by atoms with Gasteiger partial charge in [-0.2, -0.15) is 0 Å². The molecule has 0 aliphatic heterocycles. The summed E-state index contributed by atoms with van der Waals surface area (Å²) in [4.78, 5) is 0.0719. The number of hydrogen-bond acceptors (Lipinski definition) is 7. The van der Waals surface area contributed by atoms with Crippen LogP contribution in [0.2, 0.25) is 0 Å². The first-order valence-corrected chi connectivity index (χ1v) is 6.37. The van der Waals surface area contributed by atoms with Crippen molar-refractivity contribution in [2.75, 3.05) is 10.5 Å². The van der Waals surface area contributed by atoms with E-state index in [4.69, 9.17) is 5.73 Å². The van der Waals surface area contributed by atoms with Crippen LogP contribution < -0.4 is 10.5 Å². The molecule has 2 aromatic rings. The normalized spacial score (nSPS) is 11.2. The summed E-state index contributed by atoms with van der Waals surface area (Å²) in [5.74, 6) is 0. The Hall–Kier alpha value is -1.74. The van der Waals surface area contributed by atoms with Crippen molar-refractivity contribution in [1.82, 2.24) is 14.8 Å². The Morgan fingerprint density at radius 3 is 2.81 bits per heavy atom. The molecule has 0 saturated carbocycles. The zero-order chi connectivity index (χ0) is 11.6. The number of anilines is 2. The van der Waals surface area contributed by atoms with Gasteiger partial charge in [0, 0.05) is 17.2 Å². The number of aromatic nitrogens is 3. The number of benzene rings is 1. The molecule has 1 heterocycles. The highest BCUT2D eigenvalue weighted by molar-refractivity contribution is 7.93. The van der Waals surface area contributed by atoms with Crippen LogP contribution in [-0.4, -0.2) is 23.2 Å². The van der Waals surface area contributed by atoms with Crippen LogP contribution in [0.1, 0.15) is 0 Å². The molecule has 84 valence electrons. The molecular weight excluding hydrogens is 250 g/mol. The average Bonchev–Trinajstić information content (AvgIpc) is 2.70. The van der Waals surface area contributed by atoms with Gasteiger partial charge in [0.2, 0.25) is 5.13 Å². The maximum absolute atomic E-state index is 11.8. The molecule has 1 aromatic carbocycles. The number of nitrogen functional groups attached to an aromatic ring is 1. The Morgan fingerprint density at radius 1 is 1.38 bits per heavy atom. The van der Waals surface area contributed by atoms with Crippen LogP contribution in [0.4, 0.5) is 10.8 Å². The number of nitrogens with two attached hydrogens (primary N) is 1. The molecule has 16 heavy (non-hydrogen) atoms. The second-order valence-corrected chi connectivity index (χ2v) is 5.26. The topological polar surface area (TPSA) is 111 Å². The molecule has 0 atom stereocenters. The predicted molar refractivity (Wildman–Crippen MR) is 59.4 cm³/mol. The lowest BCUT2D eigenvalue weighted by atomic mass is 10.3. The van der Waals surface area contributed by atoms with Crippen molar-refractivity contribution in [1.29, 1.82) is 0 Å². The largest absolute Gasteiger partial charge is 0.399 e. The predicted octanol–water partition coefficient (Wildman–Crippen LogP) is 0.316. The van der Waals surface area contributed by atoms with Gasteiger partial charge >= 0.3 is 0 Å². The zero-order valence-electron chi connectivity index (χ0n) is 7.86. The van der Waals surface area contributed by atoms with Crippen LogP contribution in [0.25, 0.3) is 0 Å². The lowest BCUT2D eigenvalue weighted by Crippen LogP contribution is -2.13. The summed E-state index contributed by atoms with van der Waals surface area (Å²) in [6, 6.07) is 5.96. The maximum Gasteiger partial charge on any atom is 0.263 e. The van der Waals surface area contributed by atoms with Gasteiger partial charge in [0.25, 0.3) is 10.0 Å². The van der Waals surface area contributed by atoms with Gasteiger partial charge in [-0.1, -0.05) is 15.7 Å². The van der Waals surface area contributed by atoms with Crippen molar-refractivity contribution < 1.29 is 8.42 Å². The van der Waals surface area contributed by atoms with Crippen molar-refractivity contribution in [2.45, 2.75) is 4.90 Å². The van der Waals surface area contributed by atoms with Crippen molar-refractivity contribution in [3.05, 3.63) is 24.3 Å². The highest BCUT2D eigenvalue weighted by atomic mass is 32.2. The summed E-state index contributed by atoms with van der Waals surface area (Å²) in [7, 11) is -3.67. The maximum atomic E-state index is 11.8. The second kappa shape index (κ2) is 4.02. The quantitative estimate of drug-likeness (QED) is 0.766. The van der Waals surface area contributed by atoms with E-state index < -0.39 is 10.0 Å². The van der Waals surface area contributed by atoms with Crippen molar-refractivity contribution in [3.8, 4) is 0 Å². The number of hydrogen-bond donors (Lipinski definition) is 2. The minimum atomic E-state index is -3.67. The molecule has 0 radical (unpaired) electrons. The first-order chi connectivity index (χ1) is 7.58. The molecule has 0 bridgehead atoms. The molecule has 2 rings (SSSR count). The lowest BCUT2D eigenvalue weighted by molar-refractivity contribution is 0.601. The van der Waals surface area contributed by atoms with E-state index >= 15 is 0 Å². The summed E-state index contributed by atoms with van der Waals surface area (Å²) < 4.78 is 29.3. The fraction of sp³-hybridized carbons (Fsp3) is 0. The Bertz CT molecular complexity index is 581. The molecule has 0 unspecified atom stereocenters. The highest BCUT2D eigenvalue weighted by Crippen LogP contribution is 2.17. The third-order valence-electron chi connectivity index (χ3n) is 1.69. The minimum Gasteiger partial charge on any atom is -0.399 e. The fourth-order valence-corrected chi connectivity index (χ4v) is 2.67. The average molecular weight is 257 g/mol. The Kier molecular flexibility index (Phi) is 2.71. The molecule has 0 aliphatic carbocycles. The van der Waals surface area contributed by atoms with E-state index in [1.165, 1.54) is 12.1 Å². The fourth-order valence-electron chi connectivity index (χ4n) is 1.03. The first kappa shape index (κ1) is 10.8. The first-order valence-electron chi connectivity index (χ1n) is 4.11. The van der Waals surface area contributed by atoms with Crippen LogP contribution in [0, 0.1) is 0 Å². The second-order valence-electron chi connectivity index (χ2n) is 2.85. The monoisotopic (exact) mass is 257 g/mol. The van der Waals surface area contributed by atoms with Crippen molar-refractivity contribution in [3.63, 3.8) is 0 Å². The number of nitrogens with zero attached hydrogens (tertiary/aromatic N) is 3. The van der Waals surface area contributed by atoms with Crippen LogP contribution in [-0.2, 0) is 10.0 Å². The van der Waals surface area contributed by atoms with Gasteiger partial charge in [-0.25, -0.2) is 8.42 Å². The molecule has 0 saturated heterocycles. The Labute approximate surface area is 95.5 Å².